The SMILES string of the molecule is N#Cc1ccc(-c2c(C#N)c3cc4c(C#N)c(-c5cc(C(F)(F)F)cc(C(F)(F)F)c5)c(=O)c4cc3c2=O)cc1C(F)(F)F. The lowest BCUT2D eigenvalue weighted by molar-refractivity contribution is -0.143. The highest BCUT2D eigenvalue weighted by Gasteiger charge is 2.38. The van der Waals surface area contributed by atoms with Crippen molar-refractivity contribution >= 4 is 21.5 Å². The zero-order chi connectivity index (χ0) is 32.5. The van der Waals surface area contributed by atoms with Gasteiger partial charge in [-0.3, -0.25) is 9.59 Å². The summed E-state index contributed by atoms with van der Waals surface area (Å²) in [6, 6.07) is 9.22. The topological polar surface area (TPSA) is 106 Å². The van der Waals surface area contributed by atoms with Crippen LogP contribution in [0.25, 0.3) is 43.8 Å². The first-order valence-corrected chi connectivity index (χ1v) is 11.9. The average molecular weight is 613 g/mol. The van der Waals surface area contributed by atoms with E-state index in [1.54, 1.807) is 12.1 Å². The maximum Gasteiger partial charge on any atom is 0.417 e. The molecule has 0 saturated heterocycles. The molecule has 0 atom stereocenters. The van der Waals surface area contributed by atoms with Gasteiger partial charge in [-0.15, -0.1) is 0 Å². The fraction of sp³-hybridized carbons (Fsp3) is 0.100. The molecule has 0 spiro atoms. The average Bonchev–Trinajstić information content (AvgIpc) is 3.39. The third-order valence-electron chi connectivity index (χ3n) is 6.97. The number of hydrogen-bond donors (Lipinski definition) is 0. The molecule has 5 aromatic carbocycles. The molecule has 0 aliphatic heterocycles. The number of fused-ring (bicyclic) bond motifs is 2. The number of nitrogens with zero attached hydrogens (tertiary/aromatic N) is 3. The van der Waals surface area contributed by atoms with Crippen molar-refractivity contribution in [3.63, 3.8) is 0 Å². The highest BCUT2D eigenvalue weighted by molar-refractivity contribution is 6.10. The van der Waals surface area contributed by atoms with E-state index in [0.29, 0.717) is 6.07 Å². The maximum atomic E-state index is 13.6. The van der Waals surface area contributed by atoms with Crippen molar-refractivity contribution in [2.24, 2.45) is 0 Å². The Labute approximate surface area is 238 Å². The van der Waals surface area contributed by atoms with E-state index >= 15 is 0 Å². The van der Waals surface area contributed by atoms with Crippen LogP contribution in [-0.2, 0) is 18.5 Å². The molecule has 0 amide bonds. The van der Waals surface area contributed by atoms with E-state index in [1.165, 1.54) is 6.07 Å². The molecule has 5 aromatic rings. The summed E-state index contributed by atoms with van der Waals surface area (Å²) in [6.07, 6.45) is -15.5. The molecule has 5 nitrogen and oxygen atoms in total. The van der Waals surface area contributed by atoms with E-state index in [2.05, 4.69) is 0 Å². The molecule has 14 heteroatoms. The fourth-order valence-corrected chi connectivity index (χ4v) is 5.07. The Hall–Kier alpha value is -5.68. The largest absolute Gasteiger partial charge is 0.417 e. The number of benzene rings is 3. The normalized spacial score (nSPS) is 12.3. The van der Waals surface area contributed by atoms with E-state index in [4.69, 9.17) is 5.26 Å². The summed E-state index contributed by atoms with van der Waals surface area (Å²) in [5.74, 6) is 0. The summed E-state index contributed by atoms with van der Waals surface area (Å²) in [5, 5.41) is 27.4. The van der Waals surface area contributed by atoms with Gasteiger partial charge in [0.1, 0.15) is 12.1 Å². The van der Waals surface area contributed by atoms with E-state index in [-0.39, 0.29) is 39.9 Å². The molecule has 0 unspecified atom stereocenters. The van der Waals surface area contributed by atoms with Gasteiger partial charge in [0, 0.05) is 32.7 Å². The minimum Gasteiger partial charge on any atom is -0.289 e. The molecule has 0 saturated carbocycles. The Morgan fingerprint density at radius 2 is 0.955 bits per heavy atom. The standard InChI is InChI=1S/C30H8F9N3O2/c31-28(32,33)15-3-14(4-16(6-15)29(34,35)36)25-22(11-42)18-7-17-19(8-20(18)27(25)44)26(43)24(21(17)10-41)12-1-2-13(9-40)23(5-12)30(37,38)39/h1-8H. The predicted octanol–water partition coefficient (Wildman–Crippen LogP) is 7.59. The third kappa shape index (κ3) is 4.59. The van der Waals surface area contributed by atoms with E-state index in [0.717, 1.165) is 24.3 Å². The monoisotopic (exact) mass is 613 g/mol. The first-order chi connectivity index (χ1) is 20.4. The molecular weight excluding hydrogens is 605 g/mol. The molecular formula is C30H8F9N3O2. The van der Waals surface area contributed by atoms with Crippen molar-refractivity contribution in [2.45, 2.75) is 18.5 Å². The van der Waals surface area contributed by atoms with Gasteiger partial charge >= 0.3 is 18.5 Å². The minimum atomic E-state index is -5.26. The second-order valence-corrected chi connectivity index (χ2v) is 9.49. The van der Waals surface area contributed by atoms with Gasteiger partial charge in [0.15, 0.2) is 10.9 Å². The number of rotatable bonds is 2. The summed E-state index contributed by atoms with van der Waals surface area (Å²) in [5.41, 5.74) is -11.5. The first-order valence-electron chi connectivity index (χ1n) is 11.9. The number of hydrogen-bond acceptors (Lipinski definition) is 5. The van der Waals surface area contributed by atoms with Gasteiger partial charge < -0.3 is 0 Å². The Kier molecular flexibility index (Phi) is 6.56. The highest BCUT2D eigenvalue weighted by atomic mass is 19.4. The van der Waals surface area contributed by atoms with Crippen LogP contribution in [0.5, 0.6) is 0 Å². The van der Waals surface area contributed by atoms with Gasteiger partial charge in [-0.1, -0.05) is 6.07 Å². The van der Waals surface area contributed by atoms with Crippen LogP contribution in [0.3, 0.4) is 0 Å². The number of nitriles is 3. The van der Waals surface area contributed by atoms with Crippen LogP contribution in [0.15, 0.2) is 58.1 Å². The van der Waals surface area contributed by atoms with Gasteiger partial charge in [0.25, 0.3) is 0 Å². The van der Waals surface area contributed by atoms with Crippen molar-refractivity contribution in [3.8, 4) is 40.5 Å². The second kappa shape index (κ2) is 9.68. The Morgan fingerprint density at radius 3 is 1.36 bits per heavy atom. The predicted molar refractivity (Wildman–Crippen MR) is 136 cm³/mol. The van der Waals surface area contributed by atoms with Crippen LogP contribution in [0.2, 0.25) is 0 Å². The van der Waals surface area contributed by atoms with Crippen molar-refractivity contribution in [3.05, 3.63) is 102 Å². The van der Waals surface area contributed by atoms with Crippen molar-refractivity contribution in [1.29, 1.82) is 15.8 Å². The van der Waals surface area contributed by atoms with Crippen molar-refractivity contribution < 1.29 is 39.5 Å². The van der Waals surface area contributed by atoms with Gasteiger partial charge in [-0.05, 0) is 53.6 Å². The highest BCUT2D eigenvalue weighted by Crippen LogP contribution is 2.41. The molecule has 0 aromatic heterocycles. The van der Waals surface area contributed by atoms with Crippen molar-refractivity contribution in [1.82, 2.24) is 0 Å². The van der Waals surface area contributed by atoms with Crippen molar-refractivity contribution in [2.75, 3.05) is 0 Å². The fourth-order valence-electron chi connectivity index (χ4n) is 5.07. The van der Waals surface area contributed by atoms with Gasteiger partial charge in [0.2, 0.25) is 0 Å². The van der Waals surface area contributed by atoms with Crippen LogP contribution >= 0.6 is 0 Å². The smallest absolute Gasteiger partial charge is 0.289 e. The summed E-state index contributed by atoms with van der Waals surface area (Å²) >= 11 is 0. The molecule has 0 bridgehead atoms. The molecule has 218 valence electrons. The third-order valence-corrected chi connectivity index (χ3v) is 6.97. The van der Waals surface area contributed by atoms with Crippen LogP contribution < -0.4 is 10.9 Å². The quantitative estimate of drug-likeness (QED) is 0.191. The van der Waals surface area contributed by atoms with Crippen LogP contribution in [0, 0.1) is 34.0 Å². The van der Waals surface area contributed by atoms with Gasteiger partial charge in [-0.2, -0.15) is 55.3 Å². The number of halogens is 9. The number of alkyl halides is 9. The van der Waals surface area contributed by atoms with E-state index in [1.807, 2.05) is 0 Å². The molecule has 0 aliphatic carbocycles. The van der Waals surface area contributed by atoms with Crippen LogP contribution in [-0.4, -0.2) is 0 Å². The van der Waals surface area contributed by atoms with Gasteiger partial charge in [0.05, 0.1) is 39.4 Å². The first kappa shape index (κ1) is 29.8. The summed E-state index contributed by atoms with van der Waals surface area (Å²) < 4.78 is 122. The van der Waals surface area contributed by atoms with E-state index in [9.17, 15) is 59.6 Å². The molecule has 0 fully saturated rings. The van der Waals surface area contributed by atoms with Gasteiger partial charge in [-0.25, -0.2) is 0 Å². The zero-order valence-electron chi connectivity index (χ0n) is 21.2. The summed E-state index contributed by atoms with van der Waals surface area (Å²) in [7, 11) is 0. The van der Waals surface area contributed by atoms with Crippen LogP contribution in [0.1, 0.15) is 33.4 Å². The lowest BCUT2D eigenvalue weighted by Gasteiger charge is -2.14. The Morgan fingerprint density at radius 1 is 0.500 bits per heavy atom. The molecule has 0 aliphatic rings. The lowest BCUT2D eigenvalue weighted by Crippen LogP contribution is -2.12. The summed E-state index contributed by atoms with van der Waals surface area (Å²) in [6.45, 7) is 0. The Bertz CT molecular complexity index is 2240. The van der Waals surface area contributed by atoms with E-state index < -0.39 is 84.8 Å². The minimum absolute atomic E-state index is 0.158. The molecule has 0 N–H and O–H groups in total. The van der Waals surface area contributed by atoms with Crippen LogP contribution in [0.4, 0.5) is 39.5 Å². The molecule has 44 heavy (non-hydrogen) atoms. The maximum absolute atomic E-state index is 13.6. The zero-order valence-corrected chi connectivity index (χ0v) is 21.2. The molecule has 5 rings (SSSR count). The molecule has 0 heterocycles. The Balaban J connectivity index is 1.84. The molecule has 0 radical (unpaired) electrons. The second-order valence-electron chi connectivity index (χ2n) is 9.49. The lowest BCUT2D eigenvalue weighted by atomic mass is 9.97. The summed E-state index contributed by atoms with van der Waals surface area (Å²) in [4.78, 5) is 26.8.